The zero-order valence-electron chi connectivity index (χ0n) is 9.81. The Labute approximate surface area is 104 Å². The minimum atomic E-state index is -0.0451. The number of ether oxygens (including phenoxy) is 1. The molecule has 1 aromatic heterocycles. The standard InChI is InChI=1S/C12H15N3OS/c1-8-14-7-11(17-8)12(15-13)9-4-3-5-10(6-9)16-2/h3-7,12,15H,13H2,1-2H3. The second-order valence-corrected chi connectivity index (χ2v) is 4.92. The number of methoxy groups -OCH3 is 1. The summed E-state index contributed by atoms with van der Waals surface area (Å²) in [6.07, 6.45) is 1.85. The van der Waals surface area contributed by atoms with Crippen LogP contribution in [0.15, 0.2) is 30.5 Å². The lowest BCUT2D eigenvalue weighted by molar-refractivity contribution is 0.413. The van der Waals surface area contributed by atoms with Crippen LogP contribution >= 0.6 is 11.3 Å². The highest BCUT2D eigenvalue weighted by Gasteiger charge is 2.15. The van der Waals surface area contributed by atoms with Crippen molar-refractivity contribution < 1.29 is 4.74 Å². The Morgan fingerprint density at radius 3 is 2.88 bits per heavy atom. The van der Waals surface area contributed by atoms with E-state index < -0.39 is 0 Å². The molecule has 0 spiro atoms. The molecule has 0 saturated heterocycles. The van der Waals surface area contributed by atoms with Gasteiger partial charge in [0, 0.05) is 11.1 Å². The molecule has 1 atom stereocenters. The van der Waals surface area contributed by atoms with Gasteiger partial charge in [0.05, 0.1) is 18.2 Å². The van der Waals surface area contributed by atoms with Crippen LogP contribution in [0.4, 0.5) is 0 Å². The van der Waals surface area contributed by atoms with Gasteiger partial charge < -0.3 is 4.74 Å². The third-order valence-electron chi connectivity index (χ3n) is 2.52. The van der Waals surface area contributed by atoms with E-state index in [0.717, 1.165) is 21.2 Å². The molecule has 0 aliphatic carbocycles. The van der Waals surface area contributed by atoms with Gasteiger partial charge in [0.1, 0.15) is 5.75 Å². The average molecular weight is 249 g/mol. The van der Waals surface area contributed by atoms with Crippen LogP contribution in [-0.2, 0) is 0 Å². The molecular weight excluding hydrogens is 234 g/mol. The number of aryl methyl sites for hydroxylation is 1. The minimum Gasteiger partial charge on any atom is -0.497 e. The number of benzene rings is 1. The number of thiazole rings is 1. The molecular formula is C12H15N3OS. The quantitative estimate of drug-likeness (QED) is 0.643. The predicted octanol–water partition coefficient (Wildman–Crippen LogP) is 2.01. The number of hydrazine groups is 1. The van der Waals surface area contributed by atoms with Crippen LogP contribution in [0.5, 0.6) is 5.75 Å². The summed E-state index contributed by atoms with van der Waals surface area (Å²) in [4.78, 5) is 5.34. The normalized spacial score (nSPS) is 12.4. The van der Waals surface area contributed by atoms with Gasteiger partial charge in [-0.3, -0.25) is 5.84 Å². The summed E-state index contributed by atoms with van der Waals surface area (Å²) in [5.41, 5.74) is 3.88. The molecule has 0 aliphatic rings. The van der Waals surface area contributed by atoms with Crippen molar-refractivity contribution in [2.75, 3.05) is 7.11 Å². The first kappa shape index (κ1) is 12.0. The Morgan fingerprint density at radius 2 is 2.29 bits per heavy atom. The molecule has 0 fully saturated rings. The zero-order chi connectivity index (χ0) is 12.3. The number of rotatable bonds is 4. The maximum atomic E-state index is 5.63. The van der Waals surface area contributed by atoms with Gasteiger partial charge in [0.2, 0.25) is 0 Å². The predicted molar refractivity (Wildman–Crippen MR) is 69.0 cm³/mol. The third-order valence-corrected chi connectivity index (χ3v) is 3.50. The maximum Gasteiger partial charge on any atom is 0.119 e. The summed E-state index contributed by atoms with van der Waals surface area (Å²) in [7, 11) is 1.65. The Morgan fingerprint density at radius 1 is 1.47 bits per heavy atom. The first-order chi connectivity index (χ1) is 8.24. The highest BCUT2D eigenvalue weighted by atomic mass is 32.1. The number of hydrogen-bond acceptors (Lipinski definition) is 5. The van der Waals surface area contributed by atoms with Crippen molar-refractivity contribution in [2.45, 2.75) is 13.0 Å². The Kier molecular flexibility index (Phi) is 3.73. The summed E-state index contributed by atoms with van der Waals surface area (Å²) in [6, 6.07) is 7.81. The van der Waals surface area contributed by atoms with E-state index in [1.54, 1.807) is 18.4 Å². The van der Waals surface area contributed by atoms with Gasteiger partial charge in [-0.2, -0.15) is 0 Å². The lowest BCUT2D eigenvalue weighted by atomic mass is 10.1. The first-order valence-electron chi connectivity index (χ1n) is 5.27. The number of nitrogens with two attached hydrogens (primary N) is 1. The smallest absolute Gasteiger partial charge is 0.119 e. The van der Waals surface area contributed by atoms with E-state index in [4.69, 9.17) is 10.6 Å². The van der Waals surface area contributed by atoms with Gasteiger partial charge in [-0.25, -0.2) is 10.4 Å². The van der Waals surface area contributed by atoms with Crippen molar-refractivity contribution >= 4 is 11.3 Å². The topological polar surface area (TPSA) is 60.2 Å². The van der Waals surface area contributed by atoms with Crippen LogP contribution in [0.2, 0.25) is 0 Å². The molecule has 1 heterocycles. The zero-order valence-corrected chi connectivity index (χ0v) is 10.6. The van der Waals surface area contributed by atoms with E-state index in [9.17, 15) is 0 Å². The fraction of sp³-hybridized carbons (Fsp3) is 0.250. The summed E-state index contributed by atoms with van der Waals surface area (Å²) >= 11 is 1.63. The van der Waals surface area contributed by atoms with Crippen LogP contribution in [-0.4, -0.2) is 12.1 Å². The van der Waals surface area contributed by atoms with Crippen LogP contribution < -0.4 is 16.0 Å². The molecule has 0 amide bonds. The van der Waals surface area contributed by atoms with Gasteiger partial charge in [-0.05, 0) is 24.6 Å². The molecule has 0 saturated carbocycles. The lowest BCUT2D eigenvalue weighted by Crippen LogP contribution is -2.28. The summed E-state index contributed by atoms with van der Waals surface area (Å²) < 4.78 is 5.21. The lowest BCUT2D eigenvalue weighted by Gasteiger charge is -2.14. The van der Waals surface area contributed by atoms with E-state index >= 15 is 0 Å². The fourth-order valence-electron chi connectivity index (χ4n) is 1.67. The van der Waals surface area contributed by atoms with Gasteiger partial charge >= 0.3 is 0 Å². The van der Waals surface area contributed by atoms with E-state index in [1.165, 1.54) is 0 Å². The van der Waals surface area contributed by atoms with Crippen molar-refractivity contribution in [1.82, 2.24) is 10.4 Å². The van der Waals surface area contributed by atoms with Crippen molar-refractivity contribution in [3.05, 3.63) is 45.9 Å². The third kappa shape index (κ3) is 2.63. The highest BCUT2D eigenvalue weighted by Crippen LogP contribution is 2.28. The van der Waals surface area contributed by atoms with Crippen molar-refractivity contribution in [1.29, 1.82) is 0 Å². The van der Waals surface area contributed by atoms with Gasteiger partial charge in [-0.1, -0.05) is 12.1 Å². The van der Waals surface area contributed by atoms with Crippen LogP contribution in [0.25, 0.3) is 0 Å². The average Bonchev–Trinajstić information content (AvgIpc) is 2.77. The molecule has 90 valence electrons. The molecule has 3 N–H and O–H groups in total. The van der Waals surface area contributed by atoms with E-state index in [-0.39, 0.29) is 6.04 Å². The van der Waals surface area contributed by atoms with Crippen LogP contribution in [0.3, 0.4) is 0 Å². The van der Waals surface area contributed by atoms with Crippen molar-refractivity contribution in [3.63, 3.8) is 0 Å². The second kappa shape index (κ2) is 5.27. The largest absolute Gasteiger partial charge is 0.497 e. The summed E-state index contributed by atoms with van der Waals surface area (Å²) in [5, 5.41) is 1.03. The Hall–Kier alpha value is -1.43. The Balaban J connectivity index is 2.34. The van der Waals surface area contributed by atoms with Crippen molar-refractivity contribution in [2.24, 2.45) is 5.84 Å². The minimum absolute atomic E-state index is 0.0451. The molecule has 0 bridgehead atoms. The second-order valence-electron chi connectivity index (χ2n) is 3.66. The number of aromatic nitrogens is 1. The van der Waals surface area contributed by atoms with E-state index in [1.807, 2.05) is 37.4 Å². The molecule has 1 aromatic carbocycles. The van der Waals surface area contributed by atoms with Gasteiger partial charge in [0.15, 0.2) is 0 Å². The molecule has 5 heteroatoms. The number of nitrogens with zero attached hydrogens (tertiary/aromatic N) is 1. The molecule has 4 nitrogen and oxygen atoms in total. The molecule has 17 heavy (non-hydrogen) atoms. The van der Waals surface area contributed by atoms with E-state index in [2.05, 4.69) is 10.4 Å². The number of hydrogen-bond donors (Lipinski definition) is 2. The fourth-order valence-corrected chi connectivity index (χ4v) is 2.55. The first-order valence-corrected chi connectivity index (χ1v) is 6.08. The Bertz CT molecular complexity index is 498. The van der Waals surface area contributed by atoms with Crippen LogP contribution in [0, 0.1) is 6.92 Å². The van der Waals surface area contributed by atoms with Gasteiger partial charge in [0.25, 0.3) is 0 Å². The maximum absolute atomic E-state index is 5.63. The number of nitrogens with one attached hydrogen (secondary N) is 1. The SMILES string of the molecule is COc1cccc(C(NN)c2cnc(C)s2)c1. The molecule has 2 aromatic rings. The summed E-state index contributed by atoms with van der Waals surface area (Å²) in [5.74, 6) is 6.45. The molecule has 0 radical (unpaired) electrons. The molecule has 2 rings (SSSR count). The van der Waals surface area contributed by atoms with Crippen molar-refractivity contribution in [3.8, 4) is 5.75 Å². The summed E-state index contributed by atoms with van der Waals surface area (Å²) in [6.45, 7) is 1.98. The molecule has 1 unspecified atom stereocenters. The van der Waals surface area contributed by atoms with Crippen LogP contribution in [0.1, 0.15) is 21.5 Å². The monoisotopic (exact) mass is 249 g/mol. The highest BCUT2D eigenvalue weighted by molar-refractivity contribution is 7.11. The van der Waals surface area contributed by atoms with Gasteiger partial charge in [-0.15, -0.1) is 11.3 Å². The van der Waals surface area contributed by atoms with E-state index in [0.29, 0.717) is 0 Å². The molecule has 0 aliphatic heterocycles.